The Kier molecular flexibility index (Phi) is 4.88. The van der Waals surface area contributed by atoms with Crippen LogP contribution < -0.4 is 5.32 Å². The van der Waals surface area contributed by atoms with Gasteiger partial charge in [-0.1, -0.05) is 35.8 Å². The molecule has 0 aliphatic rings. The number of aryl methyl sites for hydroxylation is 1. The maximum absolute atomic E-state index is 4.15. The third-order valence-electron chi connectivity index (χ3n) is 3.11. The quantitative estimate of drug-likeness (QED) is 0.910. The predicted octanol–water partition coefficient (Wildman–Crippen LogP) is 3.04. The van der Waals surface area contributed by atoms with E-state index in [2.05, 4.69) is 70.5 Å². The summed E-state index contributed by atoms with van der Waals surface area (Å²) in [5.74, 6) is 1.41. The molecule has 0 saturated carbocycles. The molecule has 0 spiro atoms. The highest BCUT2D eigenvalue weighted by Gasteiger charge is 2.16. The van der Waals surface area contributed by atoms with Gasteiger partial charge in [0.2, 0.25) is 0 Å². The first-order valence-electron chi connectivity index (χ1n) is 6.77. The van der Waals surface area contributed by atoms with E-state index in [1.54, 1.807) is 4.68 Å². The number of hydrogen-bond acceptors (Lipinski definition) is 4. The van der Waals surface area contributed by atoms with Gasteiger partial charge >= 0.3 is 0 Å². The first-order chi connectivity index (χ1) is 9.49. The molecule has 108 valence electrons. The van der Waals surface area contributed by atoms with Gasteiger partial charge in [0.05, 0.1) is 11.7 Å². The van der Waals surface area contributed by atoms with E-state index in [-0.39, 0.29) is 6.04 Å². The van der Waals surface area contributed by atoms with E-state index < -0.39 is 0 Å². The fourth-order valence-electron chi connectivity index (χ4n) is 1.87. The molecule has 1 atom stereocenters. The minimum Gasteiger partial charge on any atom is -0.307 e. The number of nitrogens with one attached hydrogen (secondary N) is 1. The van der Waals surface area contributed by atoms with Crippen molar-refractivity contribution in [3.8, 4) is 5.69 Å². The third-order valence-corrected chi connectivity index (χ3v) is 3.97. The van der Waals surface area contributed by atoms with Crippen molar-refractivity contribution in [1.82, 2.24) is 25.5 Å². The normalized spacial score (nSPS) is 12.9. The van der Waals surface area contributed by atoms with Gasteiger partial charge in [-0.3, -0.25) is 0 Å². The van der Waals surface area contributed by atoms with E-state index in [9.17, 15) is 0 Å². The highest BCUT2D eigenvalue weighted by molar-refractivity contribution is 9.10. The molecule has 20 heavy (non-hydrogen) atoms. The molecule has 0 fully saturated rings. The van der Waals surface area contributed by atoms with E-state index in [0.717, 1.165) is 22.5 Å². The molecule has 5 nitrogen and oxygen atoms in total. The lowest BCUT2D eigenvalue weighted by molar-refractivity contribution is 0.475. The first kappa shape index (κ1) is 15.1. The largest absolute Gasteiger partial charge is 0.307 e. The summed E-state index contributed by atoms with van der Waals surface area (Å²) in [4.78, 5) is 0. The lowest BCUT2D eigenvalue weighted by atomic mass is 10.2. The van der Waals surface area contributed by atoms with Crippen molar-refractivity contribution >= 4 is 15.9 Å². The SMILES string of the molecule is Cc1ccc(-n2nnnc2C(C)NCC(C)C)cc1Br. The van der Waals surface area contributed by atoms with Crippen LogP contribution in [0.25, 0.3) is 5.69 Å². The number of aromatic nitrogens is 4. The van der Waals surface area contributed by atoms with Crippen molar-refractivity contribution in [3.63, 3.8) is 0 Å². The molecule has 0 saturated heterocycles. The van der Waals surface area contributed by atoms with Crippen molar-refractivity contribution in [2.75, 3.05) is 6.54 Å². The van der Waals surface area contributed by atoms with Crippen molar-refractivity contribution in [3.05, 3.63) is 34.1 Å². The molecule has 0 aliphatic heterocycles. The van der Waals surface area contributed by atoms with E-state index >= 15 is 0 Å². The van der Waals surface area contributed by atoms with Crippen LogP contribution in [0.4, 0.5) is 0 Å². The molecule has 2 rings (SSSR count). The van der Waals surface area contributed by atoms with Gasteiger partial charge in [0, 0.05) is 4.47 Å². The maximum atomic E-state index is 4.15. The van der Waals surface area contributed by atoms with E-state index in [1.165, 1.54) is 5.56 Å². The third kappa shape index (κ3) is 3.43. The van der Waals surface area contributed by atoms with Crippen LogP contribution in [0.1, 0.15) is 38.2 Å². The zero-order valence-electron chi connectivity index (χ0n) is 12.3. The molecule has 0 radical (unpaired) electrons. The van der Waals surface area contributed by atoms with Crippen LogP contribution >= 0.6 is 15.9 Å². The number of benzene rings is 1. The van der Waals surface area contributed by atoms with Gasteiger partial charge in [0.25, 0.3) is 0 Å². The maximum Gasteiger partial charge on any atom is 0.173 e. The minimum atomic E-state index is 0.104. The minimum absolute atomic E-state index is 0.104. The summed E-state index contributed by atoms with van der Waals surface area (Å²) >= 11 is 3.55. The van der Waals surface area contributed by atoms with Crippen LogP contribution in [-0.4, -0.2) is 26.8 Å². The molecule has 1 aromatic heterocycles. The zero-order chi connectivity index (χ0) is 14.7. The summed E-state index contributed by atoms with van der Waals surface area (Å²) in [6.07, 6.45) is 0. The highest BCUT2D eigenvalue weighted by atomic mass is 79.9. The van der Waals surface area contributed by atoms with Gasteiger partial charge in [-0.2, -0.15) is 4.68 Å². The molecule has 1 unspecified atom stereocenters. The van der Waals surface area contributed by atoms with Crippen LogP contribution in [-0.2, 0) is 0 Å². The van der Waals surface area contributed by atoms with E-state index in [1.807, 2.05) is 12.1 Å². The molecular formula is C14H20BrN5. The van der Waals surface area contributed by atoms with Crippen molar-refractivity contribution in [2.24, 2.45) is 5.92 Å². The van der Waals surface area contributed by atoms with Crippen molar-refractivity contribution < 1.29 is 0 Å². The molecule has 6 heteroatoms. The topological polar surface area (TPSA) is 55.6 Å². The summed E-state index contributed by atoms with van der Waals surface area (Å²) in [6.45, 7) is 9.43. The number of tetrazole rings is 1. The average Bonchev–Trinajstić information content (AvgIpc) is 2.88. The predicted molar refractivity (Wildman–Crippen MR) is 82.8 cm³/mol. The van der Waals surface area contributed by atoms with Crippen molar-refractivity contribution in [1.29, 1.82) is 0 Å². The Morgan fingerprint density at radius 3 is 2.70 bits per heavy atom. The number of rotatable bonds is 5. The van der Waals surface area contributed by atoms with Gasteiger partial charge < -0.3 is 5.32 Å². The van der Waals surface area contributed by atoms with Gasteiger partial charge in [0.15, 0.2) is 5.82 Å². The molecule has 0 aliphatic carbocycles. The molecule has 0 amide bonds. The van der Waals surface area contributed by atoms with Gasteiger partial charge in [0.1, 0.15) is 0 Å². The summed E-state index contributed by atoms with van der Waals surface area (Å²) in [6, 6.07) is 6.21. The van der Waals surface area contributed by atoms with Crippen LogP contribution in [0, 0.1) is 12.8 Å². The smallest absolute Gasteiger partial charge is 0.173 e. The lowest BCUT2D eigenvalue weighted by Crippen LogP contribution is -2.25. The van der Waals surface area contributed by atoms with Gasteiger partial charge in [-0.25, -0.2) is 0 Å². The Morgan fingerprint density at radius 2 is 2.05 bits per heavy atom. The van der Waals surface area contributed by atoms with Gasteiger partial charge in [-0.15, -0.1) is 5.10 Å². The molecule has 1 N–H and O–H groups in total. The second-order valence-corrected chi connectivity index (χ2v) is 6.26. The number of hydrogen-bond donors (Lipinski definition) is 1. The fourth-order valence-corrected chi connectivity index (χ4v) is 2.23. The Balaban J connectivity index is 2.25. The summed E-state index contributed by atoms with van der Waals surface area (Å²) in [7, 11) is 0. The first-order valence-corrected chi connectivity index (χ1v) is 7.56. The molecule has 2 aromatic rings. The lowest BCUT2D eigenvalue weighted by Gasteiger charge is -2.15. The van der Waals surface area contributed by atoms with Crippen LogP contribution in [0.3, 0.4) is 0 Å². The highest BCUT2D eigenvalue weighted by Crippen LogP contribution is 2.21. The standard InChI is InChI=1S/C14H20BrN5/c1-9(2)8-16-11(4)14-17-18-19-20(14)12-6-5-10(3)13(15)7-12/h5-7,9,11,16H,8H2,1-4H3. The second-order valence-electron chi connectivity index (χ2n) is 5.41. The summed E-state index contributed by atoms with van der Waals surface area (Å²) in [5, 5.41) is 15.5. The Labute approximate surface area is 127 Å². The molecular weight excluding hydrogens is 318 g/mol. The Hall–Kier alpha value is -1.27. The molecule has 0 bridgehead atoms. The zero-order valence-corrected chi connectivity index (χ0v) is 13.8. The average molecular weight is 338 g/mol. The fraction of sp³-hybridized carbons (Fsp3) is 0.500. The Bertz CT molecular complexity index is 579. The summed E-state index contributed by atoms with van der Waals surface area (Å²) in [5.41, 5.74) is 2.15. The van der Waals surface area contributed by atoms with Crippen LogP contribution in [0.2, 0.25) is 0 Å². The molecule has 1 aromatic carbocycles. The Morgan fingerprint density at radius 1 is 1.30 bits per heavy atom. The van der Waals surface area contributed by atoms with Crippen LogP contribution in [0.15, 0.2) is 22.7 Å². The second kappa shape index (κ2) is 6.45. The monoisotopic (exact) mass is 337 g/mol. The molecule has 1 heterocycles. The van der Waals surface area contributed by atoms with E-state index in [0.29, 0.717) is 5.92 Å². The summed E-state index contributed by atoms with van der Waals surface area (Å²) < 4.78 is 2.83. The van der Waals surface area contributed by atoms with Crippen LogP contribution in [0.5, 0.6) is 0 Å². The number of halogens is 1. The number of nitrogens with zero attached hydrogens (tertiary/aromatic N) is 4. The van der Waals surface area contributed by atoms with Crippen molar-refractivity contribution in [2.45, 2.75) is 33.7 Å². The van der Waals surface area contributed by atoms with Gasteiger partial charge in [-0.05, 0) is 54.4 Å². The van der Waals surface area contributed by atoms with E-state index in [4.69, 9.17) is 0 Å².